The lowest BCUT2D eigenvalue weighted by molar-refractivity contribution is 0.214. The molecule has 2 heterocycles. The van der Waals surface area contributed by atoms with Gasteiger partial charge in [0.05, 0.1) is 16.6 Å². The minimum Gasteiger partial charge on any atom is -0.489 e. The molecule has 6 nitrogen and oxygen atoms in total. The van der Waals surface area contributed by atoms with Gasteiger partial charge in [-0.05, 0) is 31.5 Å². The van der Waals surface area contributed by atoms with Gasteiger partial charge in [0, 0.05) is 25.4 Å². The lowest BCUT2D eigenvalue weighted by Gasteiger charge is -2.19. The average molecular weight is 417 g/mol. The smallest absolute Gasteiger partial charge is 0.254 e. The fourth-order valence-corrected chi connectivity index (χ4v) is 5.45. The third kappa shape index (κ3) is 3.62. The van der Waals surface area contributed by atoms with Crippen LogP contribution in [0.4, 0.5) is 0 Å². The van der Waals surface area contributed by atoms with E-state index in [0.717, 1.165) is 5.69 Å². The molecule has 0 bridgehead atoms. The SMILES string of the molecule is Cc1cc(OC2CCN(S(=O)(=O)c3c(Cl)cccc3Cl)C2)cc(=O)n1C. The van der Waals surface area contributed by atoms with Crippen LogP contribution in [-0.2, 0) is 17.1 Å². The van der Waals surface area contributed by atoms with Crippen molar-refractivity contribution >= 4 is 33.2 Å². The largest absolute Gasteiger partial charge is 0.489 e. The van der Waals surface area contributed by atoms with Gasteiger partial charge in [0.15, 0.2) is 0 Å². The fraction of sp³-hybridized carbons (Fsp3) is 0.353. The fourth-order valence-electron chi connectivity index (χ4n) is 2.87. The summed E-state index contributed by atoms with van der Waals surface area (Å²) in [6, 6.07) is 7.73. The van der Waals surface area contributed by atoms with E-state index in [-0.39, 0.29) is 33.1 Å². The lowest BCUT2D eigenvalue weighted by atomic mass is 10.3. The number of hydrogen-bond acceptors (Lipinski definition) is 4. The standard InChI is InChI=1S/C17H18Cl2N2O4S/c1-11-8-13(9-16(22)20(11)2)25-12-6-7-21(10-12)26(23,24)17-14(18)4-3-5-15(17)19/h3-5,8-9,12H,6-7,10H2,1-2H3. The van der Waals surface area contributed by atoms with Gasteiger partial charge in [-0.25, -0.2) is 8.42 Å². The second-order valence-corrected chi connectivity index (χ2v) is 8.86. The zero-order valence-corrected chi connectivity index (χ0v) is 16.6. The maximum Gasteiger partial charge on any atom is 0.254 e. The Balaban J connectivity index is 1.79. The molecule has 1 aliphatic heterocycles. The van der Waals surface area contributed by atoms with Crippen molar-refractivity contribution in [3.05, 3.63) is 56.4 Å². The molecule has 1 saturated heterocycles. The number of aromatic nitrogens is 1. The molecule has 26 heavy (non-hydrogen) atoms. The molecule has 0 N–H and O–H groups in total. The van der Waals surface area contributed by atoms with Gasteiger partial charge in [-0.3, -0.25) is 4.79 Å². The Labute approximate surface area is 162 Å². The van der Waals surface area contributed by atoms with Gasteiger partial charge in [-0.1, -0.05) is 29.3 Å². The second kappa shape index (κ2) is 7.23. The van der Waals surface area contributed by atoms with Crippen LogP contribution in [0.1, 0.15) is 12.1 Å². The van der Waals surface area contributed by atoms with Crippen LogP contribution in [0.2, 0.25) is 10.0 Å². The van der Waals surface area contributed by atoms with E-state index < -0.39 is 10.0 Å². The molecular formula is C17H18Cl2N2O4S. The third-order valence-electron chi connectivity index (χ3n) is 4.40. The van der Waals surface area contributed by atoms with E-state index in [1.807, 2.05) is 0 Å². The molecular weight excluding hydrogens is 399 g/mol. The highest BCUT2D eigenvalue weighted by atomic mass is 35.5. The van der Waals surface area contributed by atoms with Crippen molar-refractivity contribution in [2.45, 2.75) is 24.3 Å². The summed E-state index contributed by atoms with van der Waals surface area (Å²) in [5, 5.41) is 0.174. The highest BCUT2D eigenvalue weighted by molar-refractivity contribution is 7.89. The van der Waals surface area contributed by atoms with Crippen LogP contribution in [0.5, 0.6) is 5.75 Å². The molecule has 1 unspecified atom stereocenters. The summed E-state index contributed by atoms with van der Waals surface area (Å²) in [5.41, 5.74) is 0.586. The van der Waals surface area contributed by atoms with Crippen molar-refractivity contribution in [3.8, 4) is 5.75 Å². The molecule has 0 spiro atoms. The highest BCUT2D eigenvalue weighted by Gasteiger charge is 2.36. The maximum absolute atomic E-state index is 12.9. The van der Waals surface area contributed by atoms with E-state index in [1.165, 1.54) is 27.1 Å². The predicted molar refractivity (Wildman–Crippen MR) is 101 cm³/mol. The molecule has 0 aliphatic carbocycles. The van der Waals surface area contributed by atoms with Crippen LogP contribution in [-0.4, -0.2) is 36.5 Å². The molecule has 1 aliphatic rings. The van der Waals surface area contributed by atoms with Crippen LogP contribution in [0.15, 0.2) is 40.0 Å². The maximum atomic E-state index is 12.9. The van der Waals surface area contributed by atoms with Crippen LogP contribution < -0.4 is 10.3 Å². The molecule has 9 heteroatoms. The normalized spacial score (nSPS) is 18.2. The number of aryl methyl sites for hydroxylation is 1. The Morgan fingerprint density at radius 1 is 1.19 bits per heavy atom. The highest BCUT2D eigenvalue weighted by Crippen LogP contribution is 2.33. The first-order valence-electron chi connectivity index (χ1n) is 7.98. The number of nitrogens with zero attached hydrogens (tertiary/aromatic N) is 2. The van der Waals surface area contributed by atoms with Crippen molar-refractivity contribution in [2.24, 2.45) is 7.05 Å². The second-order valence-electron chi connectivity index (χ2n) is 6.17. The molecule has 140 valence electrons. The average Bonchev–Trinajstić information content (AvgIpc) is 3.01. The number of halogens is 2. The van der Waals surface area contributed by atoms with Crippen molar-refractivity contribution in [1.82, 2.24) is 8.87 Å². The third-order valence-corrected chi connectivity index (χ3v) is 7.23. The Kier molecular flexibility index (Phi) is 5.35. The summed E-state index contributed by atoms with van der Waals surface area (Å²) >= 11 is 12.1. The van der Waals surface area contributed by atoms with E-state index in [1.54, 1.807) is 26.1 Å². The summed E-state index contributed by atoms with van der Waals surface area (Å²) in [4.78, 5) is 11.8. The van der Waals surface area contributed by atoms with E-state index in [2.05, 4.69) is 0 Å². The van der Waals surface area contributed by atoms with Crippen molar-refractivity contribution in [3.63, 3.8) is 0 Å². The lowest BCUT2D eigenvalue weighted by Crippen LogP contribution is -2.31. The van der Waals surface area contributed by atoms with Gasteiger partial charge in [0.1, 0.15) is 16.7 Å². The van der Waals surface area contributed by atoms with E-state index in [0.29, 0.717) is 18.7 Å². The minimum absolute atomic E-state index is 0.0871. The molecule has 3 rings (SSSR count). The van der Waals surface area contributed by atoms with Crippen LogP contribution in [0.3, 0.4) is 0 Å². The molecule has 0 saturated carbocycles. The topological polar surface area (TPSA) is 68.6 Å². The van der Waals surface area contributed by atoms with E-state index in [9.17, 15) is 13.2 Å². The predicted octanol–water partition coefficient (Wildman–Crippen LogP) is 2.84. The molecule has 1 atom stereocenters. The zero-order valence-electron chi connectivity index (χ0n) is 14.3. The Morgan fingerprint density at radius 2 is 1.85 bits per heavy atom. The molecule has 1 fully saturated rings. The molecule has 1 aromatic heterocycles. The number of benzene rings is 1. The summed E-state index contributed by atoms with van der Waals surface area (Å²) in [5.74, 6) is 0.436. The van der Waals surface area contributed by atoms with Crippen molar-refractivity contribution < 1.29 is 13.2 Å². The molecule has 1 aromatic carbocycles. The Bertz CT molecular complexity index is 984. The van der Waals surface area contributed by atoms with Gasteiger partial charge >= 0.3 is 0 Å². The number of ether oxygens (including phenoxy) is 1. The van der Waals surface area contributed by atoms with E-state index in [4.69, 9.17) is 27.9 Å². The van der Waals surface area contributed by atoms with Crippen molar-refractivity contribution in [2.75, 3.05) is 13.1 Å². The van der Waals surface area contributed by atoms with Crippen LogP contribution >= 0.6 is 23.2 Å². The van der Waals surface area contributed by atoms with E-state index >= 15 is 0 Å². The number of pyridine rings is 1. The first kappa shape index (κ1) is 19.2. The quantitative estimate of drug-likeness (QED) is 0.768. The molecule has 2 aromatic rings. The van der Waals surface area contributed by atoms with Crippen LogP contribution in [0, 0.1) is 6.92 Å². The van der Waals surface area contributed by atoms with Crippen LogP contribution in [0.25, 0.3) is 0 Å². The van der Waals surface area contributed by atoms with Gasteiger partial charge in [-0.2, -0.15) is 4.31 Å². The first-order valence-corrected chi connectivity index (χ1v) is 10.2. The zero-order chi connectivity index (χ0) is 19.1. The minimum atomic E-state index is -3.82. The molecule has 0 amide bonds. The van der Waals surface area contributed by atoms with Gasteiger partial charge in [-0.15, -0.1) is 0 Å². The monoisotopic (exact) mass is 416 g/mol. The van der Waals surface area contributed by atoms with Gasteiger partial charge < -0.3 is 9.30 Å². The Morgan fingerprint density at radius 3 is 2.46 bits per heavy atom. The first-order chi connectivity index (χ1) is 12.2. The Hall–Kier alpha value is -1.54. The summed E-state index contributed by atoms with van der Waals surface area (Å²) in [6.07, 6.45) is 0.160. The summed E-state index contributed by atoms with van der Waals surface area (Å²) in [7, 11) is -2.15. The summed E-state index contributed by atoms with van der Waals surface area (Å²) in [6.45, 7) is 2.26. The number of sulfonamides is 1. The summed E-state index contributed by atoms with van der Waals surface area (Å²) < 4.78 is 34.4. The van der Waals surface area contributed by atoms with Gasteiger partial charge in [0.2, 0.25) is 10.0 Å². The molecule has 0 radical (unpaired) electrons. The number of rotatable bonds is 4. The van der Waals surface area contributed by atoms with Gasteiger partial charge in [0.25, 0.3) is 5.56 Å². The number of hydrogen-bond donors (Lipinski definition) is 0. The van der Waals surface area contributed by atoms with Crippen molar-refractivity contribution in [1.29, 1.82) is 0 Å².